The van der Waals surface area contributed by atoms with Gasteiger partial charge in [-0.25, -0.2) is 0 Å². The SMILES string of the molecule is Cc1cccc2c1Cc1ccccc1C21C2=C(CCC=C2)c2ccccc21. The van der Waals surface area contributed by atoms with Gasteiger partial charge in [0.2, 0.25) is 0 Å². The topological polar surface area (TPSA) is 0 Å². The first-order chi connectivity index (χ1) is 13.3. The smallest absolute Gasteiger partial charge is 0.0715 e. The lowest BCUT2D eigenvalue weighted by Gasteiger charge is -2.41. The van der Waals surface area contributed by atoms with E-state index in [1.54, 1.807) is 5.57 Å². The Balaban J connectivity index is 1.84. The van der Waals surface area contributed by atoms with E-state index in [0.717, 1.165) is 19.3 Å². The third kappa shape index (κ3) is 1.78. The minimum absolute atomic E-state index is 0.154. The lowest BCUT2D eigenvalue weighted by molar-refractivity contribution is 0.710. The van der Waals surface area contributed by atoms with Crippen LogP contribution in [-0.4, -0.2) is 0 Å². The van der Waals surface area contributed by atoms with Crippen LogP contribution in [0.1, 0.15) is 51.8 Å². The van der Waals surface area contributed by atoms with E-state index < -0.39 is 0 Å². The highest BCUT2D eigenvalue weighted by atomic mass is 14.5. The Morgan fingerprint density at radius 3 is 2.48 bits per heavy atom. The first-order valence-corrected chi connectivity index (χ1v) is 9.99. The van der Waals surface area contributed by atoms with Crippen molar-refractivity contribution < 1.29 is 0 Å². The Bertz CT molecular complexity index is 1160. The molecule has 3 aromatic rings. The highest BCUT2D eigenvalue weighted by molar-refractivity contribution is 5.89. The number of hydrogen-bond acceptors (Lipinski definition) is 0. The number of rotatable bonds is 0. The molecule has 1 unspecified atom stereocenters. The summed E-state index contributed by atoms with van der Waals surface area (Å²) < 4.78 is 0. The summed E-state index contributed by atoms with van der Waals surface area (Å²) in [6.07, 6.45) is 8.13. The molecule has 0 nitrogen and oxygen atoms in total. The molecule has 27 heavy (non-hydrogen) atoms. The van der Waals surface area contributed by atoms with Crippen LogP contribution in [-0.2, 0) is 11.8 Å². The van der Waals surface area contributed by atoms with Crippen molar-refractivity contribution in [2.24, 2.45) is 0 Å². The number of hydrogen-bond donors (Lipinski definition) is 0. The monoisotopic (exact) mass is 346 g/mol. The second kappa shape index (κ2) is 5.33. The van der Waals surface area contributed by atoms with Crippen molar-refractivity contribution in [1.82, 2.24) is 0 Å². The summed E-state index contributed by atoms with van der Waals surface area (Å²) in [5.74, 6) is 0. The molecule has 0 saturated carbocycles. The molecule has 0 bridgehead atoms. The molecule has 3 aliphatic carbocycles. The molecular formula is C27H22. The average molecular weight is 346 g/mol. The van der Waals surface area contributed by atoms with Crippen molar-refractivity contribution in [1.29, 1.82) is 0 Å². The van der Waals surface area contributed by atoms with Gasteiger partial charge in [-0.3, -0.25) is 0 Å². The number of aryl methyl sites for hydroxylation is 1. The molecule has 1 atom stereocenters. The van der Waals surface area contributed by atoms with Gasteiger partial charge in [-0.1, -0.05) is 78.9 Å². The van der Waals surface area contributed by atoms with E-state index in [0.29, 0.717) is 0 Å². The molecule has 0 heteroatoms. The first-order valence-electron chi connectivity index (χ1n) is 9.99. The van der Waals surface area contributed by atoms with Crippen molar-refractivity contribution in [3.05, 3.63) is 123 Å². The molecular weight excluding hydrogens is 324 g/mol. The summed E-state index contributed by atoms with van der Waals surface area (Å²) in [4.78, 5) is 0. The maximum Gasteiger partial charge on any atom is 0.0715 e. The van der Waals surface area contributed by atoms with Crippen LogP contribution in [0.15, 0.2) is 84.5 Å². The Morgan fingerprint density at radius 2 is 1.56 bits per heavy atom. The van der Waals surface area contributed by atoms with E-state index in [2.05, 4.69) is 85.8 Å². The maximum atomic E-state index is 2.42. The molecule has 0 aromatic heterocycles. The Labute approximate surface area is 160 Å². The van der Waals surface area contributed by atoms with Gasteiger partial charge in [0.15, 0.2) is 0 Å². The Kier molecular flexibility index (Phi) is 3.00. The zero-order chi connectivity index (χ0) is 18.0. The molecule has 0 N–H and O–H groups in total. The van der Waals surface area contributed by atoms with Gasteiger partial charge in [-0.2, -0.15) is 0 Å². The van der Waals surface area contributed by atoms with Crippen LogP contribution in [0.3, 0.4) is 0 Å². The first kappa shape index (κ1) is 15.2. The fourth-order valence-corrected chi connectivity index (χ4v) is 5.76. The molecule has 0 amide bonds. The Hall–Kier alpha value is -2.86. The molecule has 0 fully saturated rings. The van der Waals surface area contributed by atoms with Gasteiger partial charge in [-0.15, -0.1) is 0 Å². The van der Waals surface area contributed by atoms with Crippen LogP contribution in [0.2, 0.25) is 0 Å². The van der Waals surface area contributed by atoms with Crippen LogP contribution >= 0.6 is 0 Å². The lowest BCUT2D eigenvalue weighted by Crippen LogP contribution is -2.35. The van der Waals surface area contributed by atoms with Gasteiger partial charge in [-0.05, 0) is 76.3 Å². The van der Waals surface area contributed by atoms with E-state index in [-0.39, 0.29) is 5.41 Å². The lowest BCUT2D eigenvalue weighted by atomic mass is 9.60. The van der Waals surface area contributed by atoms with Crippen LogP contribution < -0.4 is 0 Å². The van der Waals surface area contributed by atoms with E-state index in [4.69, 9.17) is 0 Å². The van der Waals surface area contributed by atoms with Crippen molar-refractivity contribution in [2.45, 2.75) is 31.6 Å². The summed E-state index contributed by atoms with van der Waals surface area (Å²) in [6.45, 7) is 2.27. The van der Waals surface area contributed by atoms with E-state index in [9.17, 15) is 0 Å². The van der Waals surface area contributed by atoms with Gasteiger partial charge in [0.25, 0.3) is 0 Å². The third-order valence-corrected chi connectivity index (χ3v) is 6.83. The van der Waals surface area contributed by atoms with Gasteiger partial charge in [0, 0.05) is 0 Å². The third-order valence-electron chi connectivity index (χ3n) is 6.83. The quantitative estimate of drug-likeness (QED) is 0.445. The van der Waals surface area contributed by atoms with Crippen molar-refractivity contribution in [2.75, 3.05) is 0 Å². The van der Waals surface area contributed by atoms with E-state index >= 15 is 0 Å². The molecule has 0 radical (unpaired) electrons. The van der Waals surface area contributed by atoms with Crippen molar-refractivity contribution >= 4 is 5.57 Å². The zero-order valence-corrected chi connectivity index (χ0v) is 15.6. The highest BCUT2D eigenvalue weighted by Gasteiger charge is 2.50. The molecule has 3 aromatic carbocycles. The fourth-order valence-electron chi connectivity index (χ4n) is 5.76. The number of fused-ring (bicyclic) bond motifs is 8. The molecule has 130 valence electrons. The van der Waals surface area contributed by atoms with Gasteiger partial charge in [0.05, 0.1) is 5.41 Å². The second-order valence-corrected chi connectivity index (χ2v) is 8.06. The van der Waals surface area contributed by atoms with Gasteiger partial charge >= 0.3 is 0 Å². The predicted molar refractivity (Wildman–Crippen MR) is 112 cm³/mol. The molecule has 0 heterocycles. The number of allylic oxidation sites excluding steroid dienone is 4. The van der Waals surface area contributed by atoms with Gasteiger partial charge < -0.3 is 0 Å². The van der Waals surface area contributed by atoms with Gasteiger partial charge in [0.1, 0.15) is 0 Å². The molecule has 0 saturated heterocycles. The summed E-state index contributed by atoms with van der Waals surface area (Å²) >= 11 is 0. The van der Waals surface area contributed by atoms with Crippen molar-refractivity contribution in [3.63, 3.8) is 0 Å². The van der Waals surface area contributed by atoms with Crippen LogP contribution in [0, 0.1) is 6.92 Å². The van der Waals surface area contributed by atoms with Crippen LogP contribution in [0.4, 0.5) is 0 Å². The standard InChI is InChI=1S/C27H22/c1-18-9-8-16-26-22(18)17-19-10-2-5-13-23(19)27(26)24-14-6-3-11-20(24)21-12-4-7-15-25(21)27/h2-3,5-11,13-16H,4,12,17H2,1H3. The fraction of sp³-hybridized carbons (Fsp3) is 0.185. The van der Waals surface area contributed by atoms with E-state index in [1.165, 1.54) is 44.5 Å². The van der Waals surface area contributed by atoms with Crippen molar-refractivity contribution in [3.8, 4) is 0 Å². The number of benzene rings is 3. The maximum absolute atomic E-state index is 2.42. The minimum Gasteiger partial charge on any atom is -0.0839 e. The van der Waals surface area contributed by atoms with Crippen LogP contribution in [0.25, 0.3) is 5.57 Å². The molecule has 3 aliphatic rings. The normalized spacial score (nSPS) is 21.7. The average Bonchev–Trinajstić information content (AvgIpc) is 3.01. The molecule has 1 spiro atoms. The Morgan fingerprint density at radius 1 is 0.778 bits per heavy atom. The molecule has 6 rings (SSSR count). The molecule has 0 aliphatic heterocycles. The summed E-state index contributed by atoms with van der Waals surface area (Å²) in [7, 11) is 0. The highest BCUT2D eigenvalue weighted by Crippen LogP contribution is 2.59. The largest absolute Gasteiger partial charge is 0.0839 e. The predicted octanol–water partition coefficient (Wildman–Crippen LogP) is 6.35. The van der Waals surface area contributed by atoms with E-state index in [1.807, 2.05) is 0 Å². The summed E-state index contributed by atoms with van der Waals surface area (Å²) in [6, 6.07) is 25.1. The zero-order valence-electron chi connectivity index (χ0n) is 15.6. The summed E-state index contributed by atoms with van der Waals surface area (Å²) in [5, 5.41) is 0. The minimum atomic E-state index is -0.154. The second-order valence-electron chi connectivity index (χ2n) is 8.06. The summed E-state index contributed by atoms with van der Waals surface area (Å²) in [5.41, 5.74) is 13.2. The van der Waals surface area contributed by atoms with Crippen LogP contribution in [0.5, 0.6) is 0 Å².